The Bertz CT molecular complexity index is 935. The number of nitrogens with zero attached hydrogens (tertiary/aromatic N) is 2. The summed E-state index contributed by atoms with van der Waals surface area (Å²) in [6.45, 7) is 2.08. The van der Waals surface area contributed by atoms with E-state index in [-0.39, 0.29) is 11.4 Å². The predicted octanol–water partition coefficient (Wildman–Crippen LogP) is 3.13. The smallest absolute Gasteiger partial charge is 0.255 e. The van der Waals surface area contributed by atoms with Crippen LogP contribution in [0.2, 0.25) is 0 Å². The molecule has 0 spiro atoms. The normalized spacial score (nSPS) is 14.3. The number of aromatic amines is 1. The molecule has 126 valence electrons. The van der Waals surface area contributed by atoms with E-state index in [1.54, 1.807) is 12.1 Å². The molecule has 0 unspecified atom stereocenters. The molecule has 0 atom stereocenters. The molecule has 0 saturated carbocycles. The summed E-state index contributed by atoms with van der Waals surface area (Å²) >= 11 is 0. The summed E-state index contributed by atoms with van der Waals surface area (Å²) in [5.41, 5.74) is 3.48. The molecule has 0 amide bonds. The minimum Gasteiger partial charge on any atom is -0.306 e. The Hall–Kier alpha value is -2.79. The molecular weight excluding hydrogens is 317 g/mol. The van der Waals surface area contributed by atoms with Crippen LogP contribution in [0.15, 0.2) is 59.4 Å². The lowest BCUT2D eigenvalue weighted by molar-refractivity contribution is 0.242. The van der Waals surface area contributed by atoms with Crippen molar-refractivity contribution in [3.8, 4) is 11.4 Å². The van der Waals surface area contributed by atoms with Gasteiger partial charge < -0.3 is 4.98 Å². The number of aromatic nitrogens is 2. The number of fused-ring (bicyclic) bond motifs is 1. The summed E-state index contributed by atoms with van der Waals surface area (Å²) in [5, 5.41) is 0. The van der Waals surface area contributed by atoms with E-state index in [0.29, 0.717) is 18.9 Å². The van der Waals surface area contributed by atoms with Crippen molar-refractivity contribution in [1.82, 2.24) is 14.9 Å². The number of rotatable bonds is 3. The molecule has 0 aliphatic carbocycles. The van der Waals surface area contributed by atoms with Gasteiger partial charge in [-0.1, -0.05) is 42.5 Å². The van der Waals surface area contributed by atoms with Crippen molar-refractivity contribution < 1.29 is 4.39 Å². The van der Waals surface area contributed by atoms with E-state index in [9.17, 15) is 9.18 Å². The minimum atomic E-state index is -0.234. The molecular formula is C20H18FN3O. The molecule has 4 nitrogen and oxygen atoms in total. The molecule has 1 aromatic heterocycles. The summed E-state index contributed by atoms with van der Waals surface area (Å²) in [4.78, 5) is 22.3. The molecule has 1 aliphatic rings. The molecule has 3 aromatic rings. The maximum atomic E-state index is 13.0. The number of halogens is 1. The van der Waals surface area contributed by atoms with E-state index in [4.69, 9.17) is 0 Å². The topological polar surface area (TPSA) is 49.0 Å². The van der Waals surface area contributed by atoms with Gasteiger partial charge >= 0.3 is 0 Å². The van der Waals surface area contributed by atoms with Crippen LogP contribution in [0.5, 0.6) is 0 Å². The highest BCUT2D eigenvalue weighted by atomic mass is 19.1. The van der Waals surface area contributed by atoms with Crippen molar-refractivity contribution in [2.24, 2.45) is 0 Å². The van der Waals surface area contributed by atoms with Gasteiger partial charge in [0.15, 0.2) is 0 Å². The summed E-state index contributed by atoms with van der Waals surface area (Å²) in [5.74, 6) is 0.387. The van der Waals surface area contributed by atoms with Crippen molar-refractivity contribution in [2.45, 2.75) is 19.5 Å². The van der Waals surface area contributed by atoms with E-state index in [0.717, 1.165) is 35.3 Å². The van der Waals surface area contributed by atoms with Crippen LogP contribution in [-0.2, 0) is 19.5 Å². The third-order valence-corrected chi connectivity index (χ3v) is 4.51. The number of nitrogens with one attached hydrogen (secondary N) is 1. The quantitative estimate of drug-likeness (QED) is 0.800. The Morgan fingerprint density at radius 2 is 1.84 bits per heavy atom. The summed E-state index contributed by atoms with van der Waals surface area (Å²) in [6, 6.07) is 16.2. The molecule has 4 rings (SSSR count). The molecule has 1 N–H and O–H groups in total. The lowest BCUT2D eigenvalue weighted by atomic mass is 10.1. The maximum Gasteiger partial charge on any atom is 0.255 e. The highest BCUT2D eigenvalue weighted by molar-refractivity contribution is 5.54. The Morgan fingerprint density at radius 3 is 2.60 bits per heavy atom. The van der Waals surface area contributed by atoms with Gasteiger partial charge in [0.05, 0.1) is 11.3 Å². The van der Waals surface area contributed by atoms with Crippen molar-refractivity contribution in [3.63, 3.8) is 0 Å². The Balaban J connectivity index is 1.57. The first-order valence-electron chi connectivity index (χ1n) is 8.33. The van der Waals surface area contributed by atoms with Crippen molar-refractivity contribution in [3.05, 3.63) is 87.6 Å². The van der Waals surface area contributed by atoms with E-state index < -0.39 is 0 Å². The molecule has 2 aromatic carbocycles. The third kappa shape index (κ3) is 3.37. The number of hydrogen-bond donors (Lipinski definition) is 1. The second-order valence-electron chi connectivity index (χ2n) is 6.29. The summed E-state index contributed by atoms with van der Waals surface area (Å²) in [6.07, 6.45) is 0.736. The molecule has 25 heavy (non-hydrogen) atoms. The van der Waals surface area contributed by atoms with Crippen LogP contribution in [0.4, 0.5) is 4.39 Å². The van der Waals surface area contributed by atoms with Gasteiger partial charge in [0.1, 0.15) is 11.6 Å². The fraction of sp³-hybridized carbons (Fsp3) is 0.200. The van der Waals surface area contributed by atoms with Gasteiger partial charge in [-0.2, -0.15) is 0 Å². The average Bonchev–Trinajstić information content (AvgIpc) is 2.65. The van der Waals surface area contributed by atoms with Crippen LogP contribution in [0.3, 0.4) is 0 Å². The largest absolute Gasteiger partial charge is 0.306 e. The third-order valence-electron chi connectivity index (χ3n) is 4.51. The van der Waals surface area contributed by atoms with Crippen LogP contribution in [0.25, 0.3) is 11.4 Å². The second kappa shape index (κ2) is 6.61. The Kier molecular flexibility index (Phi) is 4.15. The zero-order valence-corrected chi connectivity index (χ0v) is 13.7. The first-order valence-corrected chi connectivity index (χ1v) is 8.33. The van der Waals surface area contributed by atoms with Crippen LogP contribution in [0.1, 0.15) is 16.8 Å². The standard InChI is InChI=1S/C20H18FN3O/c21-16-8-6-14(7-9-16)12-24-11-10-18-17(13-24)20(25)23-19(22-18)15-4-2-1-3-5-15/h1-9H,10-13H2,(H,22,23,25). The van der Waals surface area contributed by atoms with Crippen LogP contribution in [-0.4, -0.2) is 21.4 Å². The number of hydrogen-bond acceptors (Lipinski definition) is 3. The molecule has 0 radical (unpaired) electrons. The summed E-state index contributed by atoms with van der Waals surface area (Å²) in [7, 11) is 0. The fourth-order valence-corrected chi connectivity index (χ4v) is 3.20. The maximum absolute atomic E-state index is 13.0. The highest BCUT2D eigenvalue weighted by Crippen LogP contribution is 2.20. The van der Waals surface area contributed by atoms with Gasteiger partial charge in [-0.25, -0.2) is 9.37 Å². The average molecular weight is 335 g/mol. The van der Waals surface area contributed by atoms with Gasteiger partial charge in [0.25, 0.3) is 5.56 Å². The van der Waals surface area contributed by atoms with Crippen molar-refractivity contribution >= 4 is 0 Å². The molecule has 2 heterocycles. The molecule has 1 aliphatic heterocycles. The SMILES string of the molecule is O=c1[nH]c(-c2ccccc2)nc2c1CN(Cc1ccc(F)cc1)CC2. The monoisotopic (exact) mass is 335 g/mol. The first kappa shape index (κ1) is 15.7. The lowest BCUT2D eigenvalue weighted by Gasteiger charge is -2.27. The highest BCUT2D eigenvalue weighted by Gasteiger charge is 2.21. The van der Waals surface area contributed by atoms with Crippen LogP contribution >= 0.6 is 0 Å². The first-order chi connectivity index (χ1) is 12.2. The lowest BCUT2D eigenvalue weighted by Crippen LogP contribution is -2.35. The number of benzene rings is 2. The molecule has 5 heteroatoms. The van der Waals surface area contributed by atoms with Gasteiger partial charge in [-0.05, 0) is 17.7 Å². The zero-order valence-electron chi connectivity index (χ0n) is 13.7. The van der Waals surface area contributed by atoms with Crippen molar-refractivity contribution in [2.75, 3.05) is 6.54 Å². The van der Waals surface area contributed by atoms with Gasteiger partial charge in [0.2, 0.25) is 0 Å². The van der Waals surface area contributed by atoms with Gasteiger partial charge in [0, 0.05) is 31.6 Å². The van der Waals surface area contributed by atoms with Gasteiger partial charge in [-0.15, -0.1) is 0 Å². The Morgan fingerprint density at radius 1 is 1.08 bits per heavy atom. The minimum absolute atomic E-state index is 0.0762. The second-order valence-corrected chi connectivity index (χ2v) is 6.29. The zero-order chi connectivity index (χ0) is 17.2. The van der Waals surface area contributed by atoms with E-state index in [1.165, 1.54) is 12.1 Å². The Labute approximate surface area is 145 Å². The van der Waals surface area contributed by atoms with E-state index in [1.807, 2.05) is 30.3 Å². The molecule has 0 fully saturated rings. The predicted molar refractivity (Wildman–Crippen MR) is 94.5 cm³/mol. The molecule has 0 saturated heterocycles. The van der Waals surface area contributed by atoms with E-state index in [2.05, 4.69) is 14.9 Å². The summed E-state index contributed by atoms with van der Waals surface area (Å²) < 4.78 is 13.0. The van der Waals surface area contributed by atoms with Crippen LogP contribution < -0.4 is 5.56 Å². The van der Waals surface area contributed by atoms with Crippen LogP contribution in [0, 0.1) is 5.82 Å². The molecule has 0 bridgehead atoms. The van der Waals surface area contributed by atoms with E-state index >= 15 is 0 Å². The number of H-pyrrole nitrogens is 1. The fourth-order valence-electron chi connectivity index (χ4n) is 3.20. The van der Waals surface area contributed by atoms with Crippen molar-refractivity contribution in [1.29, 1.82) is 0 Å². The van der Waals surface area contributed by atoms with Gasteiger partial charge in [-0.3, -0.25) is 9.69 Å².